The lowest BCUT2D eigenvalue weighted by atomic mass is 10.2. The highest BCUT2D eigenvalue weighted by molar-refractivity contribution is 7.92. The van der Waals surface area contributed by atoms with Crippen molar-refractivity contribution in [3.05, 3.63) is 75.2 Å². The summed E-state index contributed by atoms with van der Waals surface area (Å²) in [6, 6.07) is 11.9. The van der Waals surface area contributed by atoms with Crippen LogP contribution in [0, 0.1) is 26.6 Å². The van der Waals surface area contributed by atoms with Gasteiger partial charge in [-0.3, -0.25) is 9.52 Å². The van der Waals surface area contributed by atoms with E-state index in [0.29, 0.717) is 16.8 Å². The third kappa shape index (κ3) is 4.23. The molecule has 1 heterocycles. The molecule has 0 fully saturated rings. The van der Waals surface area contributed by atoms with Gasteiger partial charge >= 0.3 is 0 Å². The first-order chi connectivity index (χ1) is 13.2. The highest BCUT2D eigenvalue weighted by Gasteiger charge is 2.20. The van der Waals surface area contributed by atoms with Crippen molar-refractivity contribution in [2.45, 2.75) is 25.7 Å². The quantitative estimate of drug-likeness (QED) is 0.621. The maximum absolute atomic E-state index is 13.8. The minimum absolute atomic E-state index is 0.0354. The van der Waals surface area contributed by atoms with Crippen molar-refractivity contribution in [2.75, 3.05) is 10.0 Å². The van der Waals surface area contributed by atoms with Gasteiger partial charge in [0.25, 0.3) is 15.9 Å². The SMILES string of the molecule is Cc1cc(C(=O)Nc2ccc(C)c(S(=O)(=O)Nc3ccccc3F)c2)c(C)s1. The molecular formula is C20H19FN2O3S2. The molecule has 1 aromatic heterocycles. The second-order valence-corrected chi connectivity index (χ2v) is 9.46. The Morgan fingerprint density at radius 2 is 1.75 bits per heavy atom. The fourth-order valence-electron chi connectivity index (χ4n) is 2.77. The Hall–Kier alpha value is -2.71. The van der Waals surface area contributed by atoms with E-state index in [9.17, 15) is 17.6 Å². The highest BCUT2D eigenvalue weighted by Crippen LogP contribution is 2.26. The number of hydrogen-bond acceptors (Lipinski definition) is 4. The smallest absolute Gasteiger partial charge is 0.262 e. The molecule has 0 aliphatic heterocycles. The van der Waals surface area contributed by atoms with Crippen molar-refractivity contribution in [3.8, 4) is 0 Å². The number of aryl methyl sites for hydroxylation is 3. The van der Waals surface area contributed by atoms with E-state index in [1.807, 2.05) is 13.8 Å². The first-order valence-corrected chi connectivity index (χ1v) is 10.7. The summed E-state index contributed by atoms with van der Waals surface area (Å²) < 4.78 is 41.6. The van der Waals surface area contributed by atoms with Crippen LogP contribution in [-0.4, -0.2) is 14.3 Å². The monoisotopic (exact) mass is 418 g/mol. The van der Waals surface area contributed by atoms with E-state index in [-0.39, 0.29) is 16.5 Å². The zero-order valence-corrected chi connectivity index (χ0v) is 17.2. The third-order valence-electron chi connectivity index (χ3n) is 4.14. The Bertz CT molecular complexity index is 1150. The Morgan fingerprint density at radius 3 is 2.39 bits per heavy atom. The molecule has 3 aromatic rings. The summed E-state index contributed by atoms with van der Waals surface area (Å²) in [6.07, 6.45) is 0. The number of para-hydroxylation sites is 1. The largest absolute Gasteiger partial charge is 0.322 e. The molecule has 5 nitrogen and oxygen atoms in total. The number of nitrogens with one attached hydrogen (secondary N) is 2. The predicted octanol–water partition coefficient (Wildman–Crippen LogP) is 4.87. The maximum Gasteiger partial charge on any atom is 0.262 e. The number of sulfonamides is 1. The molecule has 0 saturated heterocycles. The van der Waals surface area contributed by atoms with E-state index >= 15 is 0 Å². The molecule has 0 atom stereocenters. The van der Waals surface area contributed by atoms with Crippen LogP contribution in [-0.2, 0) is 10.0 Å². The summed E-state index contributed by atoms with van der Waals surface area (Å²) in [4.78, 5) is 14.4. The number of anilines is 2. The predicted molar refractivity (Wildman–Crippen MR) is 110 cm³/mol. The number of rotatable bonds is 5. The second kappa shape index (κ2) is 7.73. The van der Waals surface area contributed by atoms with Crippen LogP contribution in [0.15, 0.2) is 53.4 Å². The number of hydrogen-bond donors (Lipinski definition) is 2. The zero-order chi connectivity index (χ0) is 20.5. The van der Waals surface area contributed by atoms with E-state index < -0.39 is 15.8 Å². The number of benzene rings is 2. The summed E-state index contributed by atoms with van der Waals surface area (Å²) in [5.41, 5.74) is 1.23. The van der Waals surface area contributed by atoms with Gasteiger partial charge in [0.05, 0.1) is 16.1 Å². The minimum atomic E-state index is -4.03. The van der Waals surface area contributed by atoms with Crippen molar-refractivity contribution in [2.24, 2.45) is 0 Å². The van der Waals surface area contributed by atoms with Crippen molar-refractivity contribution in [3.63, 3.8) is 0 Å². The zero-order valence-electron chi connectivity index (χ0n) is 15.5. The molecule has 0 spiro atoms. The van der Waals surface area contributed by atoms with Gasteiger partial charge in [-0.15, -0.1) is 11.3 Å². The Kier molecular flexibility index (Phi) is 5.53. The van der Waals surface area contributed by atoms with Crippen molar-refractivity contribution < 1.29 is 17.6 Å². The van der Waals surface area contributed by atoms with Gasteiger partial charge in [0.15, 0.2) is 0 Å². The molecule has 1 amide bonds. The first-order valence-electron chi connectivity index (χ1n) is 8.44. The molecule has 0 aliphatic rings. The van der Waals surface area contributed by atoms with Gasteiger partial charge in [-0.05, 0) is 56.7 Å². The van der Waals surface area contributed by atoms with Crippen molar-refractivity contribution >= 4 is 38.6 Å². The fourth-order valence-corrected chi connectivity index (χ4v) is 5.03. The Balaban J connectivity index is 1.90. The molecule has 2 N–H and O–H groups in total. The average molecular weight is 419 g/mol. The number of carbonyl (C=O) groups is 1. The van der Waals surface area contributed by atoms with Crippen LogP contribution < -0.4 is 10.0 Å². The molecule has 8 heteroatoms. The topological polar surface area (TPSA) is 75.3 Å². The minimum Gasteiger partial charge on any atom is -0.322 e. The van der Waals surface area contributed by atoms with Crippen LogP contribution in [0.3, 0.4) is 0 Å². The summed E-state index contributed by atoms with van der Waals surface area (Å²) in [7, 11) is -4.03. The van der Waals surface area contributed by atoms with E-state index in [4.69, 9.17) is 0 Å². The van der Waals surface area contributed by atoms with E-state index in [1.165, 1.54) is 41.7 Å². The average Bonchev–Trinajstić information content (AvgIpc) is 2.97. The Morgan fingerprint density at radius 1 is 1.04 bits per heavy atom. The number of amides is 1. The number of thiophene rings is 1. The summed E-state index contributed by atoms with van der Waals surface area (Å²) in [6.45, 7) is 5.41. The highest BCUT2D eigenvalue weighted by atomic mass is 32.2. The first kappa shape index (κ1) is 20.0. The molecule has 0 saturated carbocycles. The molecule has 3 rings (SSSR count). The lowest BCUT2D eigenvalue weighted by Gasteiger charge is -2.13. The van der Waals surface area contributed by atoms with Gasteiger partial charge in [-0.1, -0.05) is 18.2 Å². The van der Waals surface area contributed by atoms with Gasteiger partial charge in [0.2, 0.25) is 0 Å². The molecule has 0 aliphatic carbocycles. The molecule has 0 bridgehead atoms. The second-order valence-electron chi connectivity index (χ2n) is 6.35. The van der Waals surface area contributed by atoms with Gasteiger partial charge in [0, 0.05) is 15.4 Å². The summed E-state index contributed by atoms with van der Waals surface area (Å²) >= 11 is 1.52. The third-order valence-corrected chi connectivity index (χ3v) is 6.61. The molecule has 0 unspecified atom stereocenters. The molecular weight excluding hydrogens is 399 g/mol. The van der Waals surface area contributed by atoms with Crippen LogP contribution in [0.1, 0.15) is 25.7 Å². The standard InChI is InChI=1S/C20H19FN2O3S2/c1-12-8-9-15(22-20(24)16-10-13(2)27-14(16)3)11-19(12)28(25,26)23-18-7-5-4-6-17(18)21/h4-11,23H,1-3H3,(H,22,24). The van der Waals surface area contributed by atoms with Crippen molar-refractivity contribution in [1.29, 1.82) is 0 Å². The van der Waals surface area contributed by atoms with Crippen LogP contribution in [0.5, 0.6) is 0 Å². The molecule has 146 valence electrons. The van der Waals surface area contributed by atoms with Gasteiger partial charge in [-0.2, -0.15) is 0 Å². The van der Waals surface area contributed by atoms with Crippen LogP contribution >= 0.6 is 11.3 Å². The molecule has 0 radical (unpaired) electrons. The lowest BCUT2D eigenvalue weighted by molar-refractivity contribution is 0.102. The van der Waals surface area contributed by atoms with E-state index in [1.54, 1.807) is 25.1 Å². The normalized spacial score (nSPS) is 11.3. The maximum atomic E-state index is 13.8. The Labute approximate surface area is 167 Å². The van der Waals surface area contributed by atoms with Crippen molar-refractivity contribution in [1.82, 2.24) is 0 Å². The lowest BCUT2D eigenvalue weighted by Crippen LogP contribution is -2.17. The van der Waals surface area contributed by atoms with Crippen LogP contribution in [0.4, 0.5) is 15.8 Å². The molecule has 2 aromatic carbocycles. The van der Waals surface area contributed by atoms with Gasteiger partial charge in [-0.25, -0.2) is 12.8 Å². The van der Waals surface area contributed by atoms with Gasteiger partial charge in [0.1, 0.15) is 5.82 Å². The van der Waals surface area contributed by atoms with Gasteiger partial charge < -0.3 is 5.32 Å². The van der Waals surface area contributed by atoms with E-state index in [2.05, 4.69) is 10.0 Å². The molecule has 28 heavy (non-hydrogen) atoms. The van der Waals surface area contributed by atoms with E-state index in [0.717, 1.165) is 9.75 Å². The fraction of sp³-hybridized carbons (Fsp3) is 0.150. The van der Waals surface area contributed by atoms with Crippen LogP contribution in [0.25, 0.3) is 0 Å². The van der Waals surface area contributed by atoms with Crippen LogP contribution in [0.2, 0.25) is 0 Å². The summed E-state index contributed by atoms with van der Waals surface area (Å²) in [5, 5.41) is 2.73. The number of halogens is 1. The summed E-state index contributed by atoms with van der Waals surface area (Å²) in [5.74, 6) is -0.979. The number of carbonyl (C=O) groups excluding carboxylic acids is 1.